The van der Waals surface area contributed by atoms with Crippen LogP contribution in [-0.4, -0.2) is 42.2 Å². The molecule has 0 fully saturated rings. The summed E-state index contributed by atoms with van der Waals surface area (Å²) in [4.78, 5) is 12.3. The summed E-state index contributed by atoms with van der Waals surface area (Å²) in [6, 6.07) is 20.0. The van der Waals surface area contributed by atoms with Crippen molar-refractivity contribution in [3.63, 3.8) is 0 Å². The lowest BCUT2D eigenvalue weighted by Gasteiger charge is -2.20. The zero-order valence-electron chi connectivity index (χ0n) is 18.2. The minimum atomic E-state index is -1.52. The van der Waals surface area contributed by atoms with Crippen molar-refractivity contribution in [2.75, 3.05) is 19.8 Å². The van der Waals surface area contributed by atoms with E-state index in [0.29, 0.717) is 12.4 Å². The highest BCUT2D eigenvalue weighted by atomic mass is 19.1. The number of carbonyl (C=O) groups excluding carboxylic acids is 1. The van der Waals surface area contributed by atoms with Crippen LogP contribution in [0.3, 0.4) is 0 Å². The van der Waals surface area contributed by atoms with Crippen molar-refractivity contribution >= 4 is 6.09 Å². The molecule has 0 aliphatic heterocycles. The average molecular weight is 451 g/mol. The molecule has 33 heavy (non-hydrogen) atoms. The third-order valence-corrected chi connectivity index (χ3v) is 5.77. The summed E-state index contributed by atoms with van der Waals surface area (Å²) in [7, 11) is 0. The van der Waals surface area contributed by atoms with Crippen molar-refractivity contribution in [2.45, 2.75) is 25.0 Å². The fraction of sp³-hybridized carbons (Fsp3) is 0.269. The SMILES string of the molecule is CCOc1ccc(C(O)C(O)CNC(=O)OCC2c3ccccc3-c3ccccc32)c(F)c1. The molecule has 172 valence electrons. The van der Waals surface area contributed by atoms with Gasteiger partial charge in [-0.05, 0) is 41.3 Å². The van der Waals surface area contributed by atoms with E-state index < -0.39 is 24.1 Å². The smallest absolute Gasteiger partial charge is 0.407 e. The van der Waals surface area contributed by atoms with Gasteiger partial charge in [0.25, 0.3) is 0 Å². The number of benzene rings is 3. The lowest BCUT2D eigenvalue weighted by atomic mass is 9.98. The third-order valence-electron chi connectivity index (χ3n) is 5.77. The molecule has 6 nitrogen and oxygen atoms in total. The quantitative estimate of drug-likeness (QED) is 0.479. The monoisotopic (exact) mass is 451 g/mol. The van der Waals surface area contributed by atoms with Gasteiger partial charge in [0.15, 0.2) is 0 Å². The number of hydrogen-bond donors (Lipinski definition) is 3. The van der Waals surface area contributed by atoms with E-state index in [0.717, 1.165) is 28.3 Å². The fourth-order valence-electron chi connectivity index (χ4n) is 4.16. The van der Waals surface area contributed by atoms with Crippen LogP contribution in [0.2, 0.25) is 0 Å². The summed E-state index contributed by atoms with van der Waals surface area (Å²) in [5, 5.41) is 23.0. The number of aliphatic hydroxyl groups is 2. The molecule has 1 aliphatic carbocycles. The standard InChI is InChI=1S/C26H26FNO5/c1-2-32-16-11-12-21(23(27)13-16)25(30)24(29)14-28-26(31)33-15-22-19-9-5-3-7-17(19)18-8-4-6-10-20(18)22/h3-13,22,24-25,29-30H,2,14-15H2,1H3,(H,28,31). The van der Waals surface area contributed by atoms with Gasteiger partial charge in [-0.3, -0.25) is 0 Å². The van der Waals surface area contributed by atoms with Gasteiger partial charge in [-0.2, -0.15) is 0 Å². The van der Waals surface area contributed by atoms with Crippen molar-refractivity contribution < 1.29 is 28.9 Å². The normalized spacial score (nSPS) is 14.2. The fourth-order valence-corrected chi connectivity index (χ4v) is 4.16. The first-order valence-electron chi connectivity index (χ1n) is 10.9. The van der Waals surface area contributed by atoms with E-state index in [1.54, 1.807) is 6.92 Å². The molecule has 4 rings (SSSR count). The number of hydrogen-bond acceptors (Lipinski definition) is 5. The van der Waals surface area contributed by atoms with Crippen molar-refractivity contribution in [3.8, 4) is 16.9 Å². The Hall–Kier alpha value is -3.42. The Labute approximate surface area is 191 Å². The van der Waals surface area contributed by atoms with Gasteiger partial charge >= 0.3 is 6.09 Å². The lowest BCUT2D eigenvalue weighted by Crippen LogP contribution is -2.36. The molecule has 0 spiro atoms. The van der Waals surface area contributed by atoms with E-state index in [1.807, 2.05) is 48.5 Å². The molecule has 2 atom stereocenters. The maximum Gasteiger partial charge on any atom is 0.407 e. The molecule has 0 radical (unpaired) electrons. The zero-order chi connectivity index (χ0) is 23.4. The summed E-state index contributed by atoms with van der Waals surface area (Å²) < 4.78 is 24.9. The van der Waals surface area contributed by atoms with Gasteiger partial charge in [-0.15, -0.1) is 0 Å². The molecular formula is C26H26FNO5. The number of fused-ring (bicyclic) bond motifs is 3. The second kappa shape index (κ2) is 10.0. The number of halogens is 1. The van der Waals surface area contributed by atoms with Crippen LogP contribution < -0.4 is 10.1 Å². The summed E-state index contributed by atoms with van der Waals surface area (Å²) in [5.74, 6) is -0.456. The molecular weight excluding hydrogens is 425 g/mol. The molecule has 0 aromatic heterocycles. The zero-order valence-corrected chi connectivity index (χ0v) is 18.2. The number of alkyl carbamates (subject to hydrolysis) is 1. The second-order valence-electron chi connectivity index (χ2n) is 7.83. The number of nitrogens with one attached hydrogen (secondary N) is 1. The molecule has 2 unspecified atom stereocenters. The molecule has 3 aromatic rings. The summed E-state index contributed by atoms with van der Waals surface area (Å²) in [6.07, 6.45) is -3.66. The first kappa shape index (κ1) is 22.8. The van der Waals surface area contributed by atoms with Gasteiger partial charge in [-0.1, -0.05) is 48.5 Å². The Balaban J connectivity index is 1.33. The van der Waals surface area contributed by atoms with E-state index in [-0.39, 0.29) is 24.6 Å². The van der Waals surface area contributed by atoms with Crippen LogP contribution in [0.4, 0.5) is 9.18 Å². The summed E-state index contributed by atoms with van der Waals surface area (Å²) in [6.45, 7) is 1.99. The Kier molecular flexibility index (Phi) is 6.91. The largest absolute Gasteiger partial charge is 0.494 e. The van der Waals surface area contributed by atoms with Gasteiger partial charge in [0.2, 0.25) is 0 Å². The highest BCUT2D eigenvalue weighted by molar-refractivity contribution is 5.79. The second-order valence-corrected chi connectivity index (χ2v) is 7.83. The van der Waals surface area contributed by atoms with E-state index in [2.05, 4.69) is 5.32 Å². The van der Waals surface area contributed by atoms with Crippen molar-refractivity contribution in [3.05, 3.63) is 89.2 Å². The van der Waals surface area contributed by atoms with Crippen molar-refractivity contribution in [1.82, 2.24) is 5.32 Å². The topological polar surface area (TPSA) is 88.0 Å². The Morgan fingerprint density at radius 1 is 1.03 bits per heavy atom. The van der Waals surface area contributed by atoms with Gasteiger partial charge in [-0.25, -0.2) is 9.18 Å². The van der Waals surface area contributed by atoms with Gasteiger partial charge < -0.3 is 25.0 Å². The third kappa shape index (κ3) is 4.84. The number of aliphatic hydroxyl groups excluding tert-OH is 2. The maximum atomic E-state index is 14.3. The molecule has 0 heterocycles. The van der Waals surface area contributed by atoms with E-state index >= 15 is 0 Å². The minimum absolute atomic E-state index is 0.0831. The van der Waals surface area contributed by atoms with Crippen LogP contribution in [0, 0.1) is 5.82 Å². The number of carbonyl (C=O) groups is 1. The average Bonchev–Trinajstić information content (AvgIpc) is 3.15. The van der Waals surface area contributed by atoms with E-state index in [9.17, 15) is 19.4 Å². The van der Waals surface area contributed by atoms with Crippen molar-refractivity contribution in [1.29, 1.82) is 0 Å². The van der Waals surface area contributed by atoms with Crippen LogP contribution in [0.5, 0.6) is 5.75 Å². The Morgan fingerprint density at radius 2 is 1.67 bits per heavy atom. The van der Waals surface area contributed by atoms with Crippen molar-refractivity contribution in [2.24, 2.45) is 0 Å². The molecule has 0 saturated heterocycles. The molecule has 1 amide bonds. The van der Waals surface area contributed by atoms with Crippen LogP contribution in [-0.2, 0) is 4.74 Å². The predicted molar refractivity (Wildman–Crippen MR) is 122 cm³/mol. The molecule has 3 aromatic carbocycles. The van der Waals surface area contributed by atoms with Crippen LogP contribution in [0.15, 0.2) is 66.7 Å². The maximum absolute atomic E-state index is 14.3. The molecule has 0 saturated carbocycles. The summed E-state index contributed by atoms with van der Waals surface area (Å²) >= 11 is 0. The van der Waals surface area contributed by atoms with Gasteiger partial charge in [0.1, 0.15) is 30.4 Å². The lowest BCUT2D eigenvalue weighted by molar-refractivity contribution is 0.0165. The highest BCUT2D eigenvalue weighted by Crippen LogP contribution is 2.44. The Bertz CT molecular complexity index is 1090. The van der Waals surface area contributed by atoms with Gasteiger partial charge in [0, 0.05) is 24.1 Å². The highest BCUT2D eigenvalue weighted by Gasteiger charge is 2.29. The molecule has 1 aliphatic rings. The van der Waals surface area contributed by atoms with Crippen LogP contribution >= 0.6 is 0 Å². The van der Waals surface area contributed by atoms with E-state index in [4.69, 9.17) is 9.47 Å². The number of rotatable bonds is 8. The molecule has 7 heteroatoms. The summed E-state index contributed by atoms with van der Waals surface area (Å²) in [5.41, 5.74) is 4.34. The van der Waals surface area contributed by atoms with Gasteiger partial charge in [0.05, 0.1) is 6.61 Å². The van der Waals surface area contributed by atoms with Crippen LogP contribution in [0.1, 0.15) is 35.6 Å². The first-order valence-corrected chi connectivity index (χ1v) is 10.9. The molecule has 0 bridgehead atoms. The first-order chi connectivity index (χ1) is 16.0. The van der Waals surface area contributed by atoms with E-state index in [1.165, 1.54) is 12.1 Å². The van der Waals surface area contributed by atoms with Crippen LogP contribution in [0.25, 0.3) is 11.1 Å². The molecule has 3 N–H and O–H groups in total. The number of ether oxygens (including phenoxy) is 2. The minimum Gasteiger partial charge on any atom is -0.494 e. The number of amides is 1. The predicted octanol–water partition coefficient (Wildman–Crippen LogP) is 4.16. The Morgan fingerprint density at radius 3 is 2.27 bits per heavy atom.